The van der Waals surface area contributed by atoms with Gasteiger partial charge in [-0.2, -0.15) is 0 Å². The normalized spacial score (nSPS) is 17.0. The summed E-state index contributed by atoms with van der Waals surface area (Å²) in [6, 6.07) is 16.0. The Morgan fingerprint density at radius 1 is 1.21 bits per heavy atom. The molecule has 0 saturated heterocycles. The third-order valence-corrected chi connectivity index (χ3v) is 5.45. The molecule has 0 saturated carbocycles. The Labute approximate surface area is 146 Å². The van der Waals surface area contributed by atoms with E-state index in [-0.39, 0.29) is 16.9 Å². The molecule has 1 aliphatic rings. The summed E-state index contributed by atoms with van der Waals surface area (Å²) in [5, 5.41) is 2.81. The number of thioether (sulfide) groups is 1. The van der Waals surface area contributed by atoms with Crippen molar-refractivity contribution in [3.05, 3.63) is 70.8 Å². The summed E-state index contributed by atoms with van der Waals surface area (Å²) in [5.41, 5.74) is 4.06. The van der Waals surface area contributed by atoms with Gasteiger partial charge in [0.05, 0.1) is 11.0 Å². The molecule has 3 rings (SSSR count). The maximum Gasteiger partial charge on any atom is 0.233 e. The number of amides is 1. The molecule has 0 bridgehead atoms. The fourth-order valence-electron chi connectivity index (χ4n) is 2.90. The van der Waals surface area contributed by atoms with Crippen LogP contribution in [0.25, 0.3) is 0 Å². The van der Waals surface area contributed by atoms with E-state index in [4.69, 9.17) is 0 Å². The molecule has 0 aromatic heterocycles. The molecule has 0 fully saturated rings. The SMILES string of the molecule is Cc1ccc2c(c1)C(=O)CSC(C(=O)NCCc1ccccc1)C2. The highest BCUT2D eigenvalue weighted by molar-refractivity contribution is 8.01. The summed E-state index contributed by atoms with van der Waals surface area (Å²) in [4.78, 5) is 24.8. The van der Waals surface area contributed by atoms with E-state index >= 15 is 0 Å². The second kappa shape index (κ2) is 7.67. The van der Waals surface area contributed by atoms with Crippen LogP contribution < -0.4 is 5.32 Å². The zero-order chi connectivity index (χ0) is 16.9. The molecular weight excluding hydrogens is 318 g/mol. The minimum Gasteiger partial charge on any atom is -0.355 e. The van der Waals surface area contributed by atoms with Gasteiger partial charge in [0, 0.05) is 12.1 Å². The third-order valence-electron chi connectivity index (χ3n) is 4.23. The van der Waals surface area contributed by atoms with Gasteiger partial charge < -0.3 is 5.32 Å². The number of hydrogen-bond acceptors (Lipinski definition) is 3. The minimum absolute atomic E-state index is 0.0251. The highest BCUT2D eigenvalue weighted by Gasteiger charge is 2.26. The van der Waals surface area contributed by atoms with Crippen molar-refractivity contribution in [2.75, 3.05) is 12.3 Å². The van der Waals surface area contributed by atoms with Crippen molar-refractivity contribution < 1.29 is 9.59 Å². The summed E-state index contributed by atoms with van der Waals surface area (Å²) in [6.07, 6.45) is 1.43. The first-order chi connectivity index (χ1) is 11.6. The van der Waals surface area contributed by atoms with E-state index in [0.29, 0.717) is 18.7 Å². The third kappa shape index (κ3) is 4.06. The number of fused-ring (bicyclic) bond motifs is 1. The van der Waals surface area contributed by atoms with Crippen LogP contribution in [0.15, 0.2) is 48.5 Å². The van der Waals surface area contributed by atoms with E-state index in [0.717, 1.165) is 23.1 Å². The fourth-order valence-corrected chi connectivity index (χ4v) is 3.94. The molecule has 0 radical (unpaired) electrons. The molecule has 3 nitrogen and oxygen atoms in total. The van der Waals surface area contributed by atoms with Crippen LogP contribution in [0.4, 0.5) is 0 Å². The van der Waals surface area contributed by atoms with Crippen LogP contribution in [0, 0.1) is 6.92 Å². The number of hydrogen-bond donors (Lipinski definition) is 1. The van der Waals surface area contributed by atoms with Crippen LogP contribution in [0.5, 0.6) is 0 Å². The smallest absolute Gasteiger partial charge is 0.233 e. The quantitative estimate of drug-likeness (QED) is 0.930. The Morgan fingerprint density at radius 3 is 2.79 bits per heavy atom. The molecule has 1 atom stereocenters. The molecule has 2 aromatic rings. The lowest BCUT2D eigenvalue weighted by Crippen LogP contribution is -2.35. The van der Waals surface area contributed by atoms with Gasteiger partial charge in [0.2, 0.25) is 5.91 Å². The van der Waals surface area contributed by atoms with Crippen molar-refractivity contribution in [1.29, 1.82) is 0 Å². The second-order valence-electron chi connectivity index (χ2n) is 6.11. The van der Waals surface area contributed by atoms with E-state index in [9.17, 15) is 9.59 Å². The fraction of sp³-hybridized carbons (Fsp3) is 0.300. The van der Waals surface area contributed by atoms with E-state index in [1.165, 1.54) is 17.3 Å². The van der Waals surface area contributed by atoms with Crippen molar-refractivity contribution in [3.8, 4) is 0 Å². The van der Waals surface area contributed by atoms with Crippen molar-refractivity contribution in [2.24, 2.45) is 0 Å². The van der Waals surface area contributed by atoms with Crippen LogP contribution in [0.3, 0.4) is 0 Å². The van der Waals surface area contributed by atoms with Gasteiger partial charge >= 0.3 is 0 Å². The Bertz CT molecular complexity index is 743. The van der Waals surface area contributed by atoms with Crippen LogP contribution in [0.1, 0.15) is 27.0 Å². The van der Waals surface area contributed by atoms with E-state index < -0.39 is 0 Å². The van der Waals surface area contributed by atoms with Crippen molar-refractivity contribution in [1.82, 2.24) is 5.32 Å². The largest absolute Gasteiger partial charge is 0.355 e. The highest BCUT2D eigenvalue weighted by Crippen LogP contribution is 2.26. The molecular formula is C20H21NO2S. The molecule has 1 aliphatic heterocycles. The maximum absolute atomic E-state index is 12.5. The monoisotopic (exact) mass is 339 g/mol. The molecule has 1 heterocycles. The van der Waals surface area contributed by atoms with E-state index in [1.807, 2.05) is 43.3 Å². The lowest BCUT2D eigenvalue weighted by atomic mass is 9.98. The van der Waals surface area contributed by atoms with Gasteiger partial charge in [-0.1, -0.05) is 48.0 Å². The Balaban J connectivity index is 1.61. The van der Waals surface area contributed by atoms with Crippen LogP contribution in [-0.2, 0) is 17.6 Å². The number of carbonyl (C=O) groups is 2. The standard InChI is InChI=1S/C20H21NO2S/c1-14-7-8-16-12-19(24-13-18(22)17(16)11-14)20(23)21-10-9-15-5-3-2-4-6-15/h2-8,11,19H,9-10,12-13H2,1H3,(H,21,23). The van der Waals surface area contributed by atoms with Gasteiger partial charge in [0.25, 0.3) is 0 Å². The molecule has 4 heteroatoms. The first kappa shape index (κ1) is 16.8. The molecule has 1 amide bonds. The molecule has 0 spiro atoms. The summed E-state index contributed by atoms with van der Waals surface area (Å²) >= 11 is 1.45. The van der Waals surface area contributed by atoms with Gasteiger partial charge in [-0.15, -0.1) is 11.8 Å². The minimum atomic E-state index is -0.200. The van der Waals surface area contributed by atoms with Gasteiger partial charge in [0.15, 0.2) is 5.78 Å². The molecule has 0 aliphatic carbocycles. The molecule has 2 aromatic carbocycles. The van der Waals surface area contributed by atoms with Crippen LogP contribution in [-0.4, -0.2) is 29.2 Å². The van der Waals surface area contributed by atoms with Crippen LogP contribution in [0.2, 0.25) is 0 Å². The van der Waals surface area contributed by atoms with Gasteiger partial charge in [-0.05, 0) is 37.0 Å². The van der Waals surface area contributed by atoms with Crippen molar-refractivity contribution >= 4 is 23.5 Å². The van der Waals surface area contributed by atoms with E-state index in [2.05, 4.69) is 17.4 Å². The molecule has 1 unspecified atom stereocenters. The molecule has 24 heavy (non-hydrogen) atoms. The summed E-state index contributed by atoms with van der Waals surface area (Å²) in [5.74, 6) is 0.517. The van der Waals surface area contributed by atoms with Gasteiger partial charge in [-0.25, -0.2) is 0 Å². The Kier molecular flexibility index (Phi) is 5.36. The summed E-state index contributed by atoms with van der Waals surface area (Å²) in [6.45, 7) is 2.61. The second-order valence-corrected chi connectivity index (χ2v) is 7.31. The summed E-state index contributed by atoms with van der Waals surface area (Å²) in [7, 11) is 0. The molecule has 124 valence electrons. The van der Waals surface area contributed by atoms with E-state index in [1.54, 1.807) is 0 Å². The number of rotatable bonds is 4. The predicted molar refractivity (Wildman–Crippen MR) is 98.6 cm³/mol. The van der Waals surface area contributed by atoms with Gasteiger partial charge in [-0.3, -0.25) is 9.59 Å². The lowest BCUT2D eigenvalue weighted by molar-refractivity contribution is -0.120. The zero-order valence-electron chi connectivity index (χ0n) is 13.7. The highest BCUT2D eigenvalue weighted by atomic mass is 32.2. The number of nitrogens with one attached hydrogen (secondary N) is 1. The Hall–Kier alpha value is -2.07. The number of ketones is 1. The average Bonchev–Trinajstić information content (AvgIpc) is 2.75. The maximum atomic E-state index is 12.5. The number of Topliss-reactive ketones (excluding diaryl/α,β-unsaturated/α-hetero) is 1. The topological polar surface area (TPSA) is 46.2 Å². The van der Waals surface area contributed by atoms with Crippen molar-refractivity contribution in [2.45, 2.75) is 25.0 Å². The number of aryl methyl sites for hydroxylation is 1. The predicted octanol–water partition coefficient (Wildman–Crippen LogP) is 3.19. The Morgan fingerprint density at radius 2 is 2.00 bits per heavy atom. The molecule has 1 N–H and O–H groups in total. The first-order valence-electron chi connectivity index (χ1n) is 8.19. The lowest BCUT2D eigenvalue weighted by Gasteiger charge is -2.14. The first-order valence-corrected chi connectivity index (χ1v) is 9.24. The summed E-state index contributed by atoms with van der Waals surface area (Å²) < 4.78 is 0. The van der Waals surface area contributed by atoms with Crippen molar-refractivity contribution in [3.63, 3.8) is 0 Å². The number of carbonyl (C=O) groups excluding carboxylic acids is 2. The van der Waals surface area contributed by atoms with Crippen LogP contribution >= 0.6 is 11.8 Å². The zero-order valence-corrected chi connectivity index (χ0v) is 14.6. The average molecular weight is 339 g/mol. The van der Waals surface area contributed by atoms with Gasteiger partial charge in [0.1, 0.15) is 0 Å². The number of benzene rings is 2.